The molecule has 2 heterocycles. The molecule has 0 aromatic carbocycles. The highest BCUT2D eigenvalue weighted by atomic mass is 16.5. The molecule has 7 nitrogen and oxygen atoms in total. The number of esters is 1. The molecule has 9 aliphatic rings. The Bertz CT molecular complexity index is 1590. The number of ether oxygens (including phenoxy) is 1. The summed E-state index contributed by atoms with van der Waals surface area (Å²) in [6.45, 7) is 9.98. The van der Waals surface area contributed by atoms with Crippen molar-refractivity contribution < 1.29 is 34.4 Å². The SMILES string of the molecule is C[C@]12CCC(O)C[C@H]1CCC1C2CC[C@]2(C)[C@@H](C3=CC(=O)OC3)CC[C@]12O.C[C@]12CCC(O)C[C@H]1CCC1C2CC[C@]2(C)[C@@H](c3ccoc3)CC[C@]12O. The van der Waals surface area contributed by atoms with E-state index in [-0.39, 0.29) is 40.3 Å². The average molecular weight is 733 g/mol. The summed E-state index contributed by atoms with van der Waals surface area (Å²) in [5.41, 5.74) is 1.62. The van der Waals surface area contributed by atoms with Crippen molar-refractivity contribution in [2.45, 2.75) is 173 Å². The number of rotatable bonds is 2. The van der Waals surface area contributed by atoms with Crippen LogP contribution in [-0.4, -0.2) is 56.4 Å². The molecule has 10 rings (SSSR count). The van der Waals surface area contributed by atoms with Gasteiger partial charge in [-0.25, -0.2) is 4.79 Å². The molecule has 0 amide bonds. The number of carbonyl (C=O) groups is 1. The van der Waals surface area contributed by atoms with E-state index in [2.05, 4.69) is 33.8 Å². The zero-order valence-corrected chi connectivity index (χ0v) is 33.0. The van der Waals surface area contributed by atoms with Crippen molar-refractivity contribution in [2.75, 3.05) is 6.61 Å². The van der Waals surface area contributed by atoms with Crippen molar-refractivity contribution in [1.82, 2.24) is 0 Å². The number of aliphatic hydroxyl groups excluding tert-OH is 2. The first-order valence-electron chi connectivity index (χ1n) is 21.9. The molecule has 16 atom stereocenters. The lowest BCUT2D eigenvalue weighted by Gasteiger charge is -2.63. The van der Waals surface area contributed by atoms with Crippen LogP contribution in [0.4, 0.5) is 0 Å². The molecule has 1 aromatic rings. The van der Waals surface area contributed by atoms with Gasteiger partial charge in [0.25, 0.3) is 0 Å². The van der Waals surface area contributed by atoms with E-state index in [1.54, 1.807) is 12.3 Å². The summed E-state index contributed by atoms with van der Waals surface area (Å²) in [4.78, 5) is 11.6. The van der Waals surface area contributed by atoms with Gasteiger partial charge in [-0.1, -0.05) is 27.7 Å². The van der Waals surface area contributed by atoms with Crippen molar-refractivity contribution >= 4 is 5.97 Å². The van der Waals surface area contributed by atoms with Crippen molar-refractivity contribution in [3.63, 3.8) is 0 Å². The Morgan fingerprint density at radius 3 is 1.64 bits per heavy atom. The van der Waals surface area contributed by atoms with Gasteiger partial charge in [-0.15, -0.1) is 0 Å². The maximum atomic E-state index is 12.1. The van der Waals surface area contributed by atoms with Gasteiger partial charge in [-0.05, 0) is 191 Å². The summed E-state index contributed by atoms with van der Waals surface area (Å²) in [5, 5.41) is 44.6. The monoisotopic (exact) mass is 732 g/mol. The Morgan fingerprint density at radius 1 is 0.623 bits per heavy atom. The third-order valence-corrected chi connectivity index (χ3v) is 19.7. The minimum absolute atomic E-state index is 0.0323. The van der Waals surface area contributed by atoms with E-state index < -0.39 is 11.2 Å². The van der Waals surface area contributed by atoms with Gasteiger partial charge in [0.1, 0.15) is 6.61 Å². The van der Waals surface area contributed by atoms with E-state index in [4.69, 9.17) is 9.15 Å². The molecule has 8 fully saturated rings. The predicted molar refractivity (Wildman–Crippen MR) is 202 cm³/mol. The molecular weight excluding hydrogens is 664 g/mol. The number of carbonyl (C=O) groups excluding carboxylic acids is 1. The highest BCUT2D eigenvalue weighted by Crippen LogP contribution is 2.72. The molecule has 0 radical (unpaired) electrons. The van der Waals surface area contributed by atoms with Gasteiger partial charge in [0.2, 0.25) is 0 Å². The molecule has 0 bridgehead atoms. The molecule has 1 aliphatic heterocycles. The molecular formula is C46H68O7. The van der Waals surface area contributed by atoms with Crippen LogP contribution in [0.1, 0.15) is 155 Å². The Kier molecular flexibility index (Phi) is 8.83. The highest BCUT2D eigenvalue weighted by molar-refractivity contribution is 5.85. The van der Waals surface area contributed by atoms with Crippen molar-refractivity contribution in [2.24, 2.45) is 63.1 Å². The minimum atomic E-state index is -0.628. The van der Waals surface area contributed by atoms with Crippen LogP contribution in [0, 0.1) is 63.1 Å². The van der Waals surface area contributed by atoms with Crippen LogP contribution in [-0.2, 0) is 9.53 Å². The maximum absolute atomic E-state index is 12.1. The standard InChI is InChI=1S/C23H34O4.C23H34O3/c1-21-8-5-16(24)12-15(21)3-4-19-18(21)6-9-22(2)17(7-10-23(19,22)26)14-11-20(25)27-13-14;1-21-9-5-17(24)13-16(21)3-4-20-19(21)6-10-22(2)18(7-11-23(20,22)25)15-8-12-26-14-15/h11,15-19,24,26H,3-10,12-13H2,1-2H3;8,12,14,16-20,24-25H,3-7,9-11,13H2,1-2H3/t15-,16?,17-,18?,19?,21+,22-,23+;16-,17?,18-,19?,20?,21+,22-,23+/m11/s1. The van der Waals surface area contributed by atoms with Gasteiger partial charge in [-0.2, -0.15) is 0 Å². The van der Waals surface area contributed by atoms with Gasteiger partial charge in [0, 0.05) is 16.9 Å². The molecule has 1 aromatic heterocycles. The third kappa shape index (κ3) is 5.20. The summed E-state index contributed by atoms with van der Waals surface area (Å²) in [7, 11) is 0. The fraction of sp³-hybridized carbons (Fsp3) is 0.848. The molecule has 6 unspecified atom stereocenters. The lowest BCUT2D eigenvalue weighted by Crippen LogP contribution is -2.62. The number of furan rings is 1. The molecule has 7 heteroatoms. The minimum Gasteiger partial charge on any atom is -0.472 e. The smallest absolute Gasteiger partial charge is 0.331 e. The fourth-order valence-corrected chi connectivity index (χ4v) is 16.6. The zero-order valence-electron chi connectivity index (χ0n) is 33.0. The maximum Gasteiger partial charge on any atom is 0.331 e. The van der Waals surface area contributed by atoms with E-state index in [1.807, 2.05) is 6.26 Å². The summed E-state index contributed by atoms with van der Waals surface area (Å²) in [6, 6.07) is 2.11. The lowest BCUT2D eigenvalue weighted by atomic mass is 9.43. The van der Waals surface area contributed by atoms with E-state index in [0.717, 1.165) is 102 Å². The summed E-state index contributed by atoms with van der Waals surface area (Å²) >= 11 is 0. The summed E-state index contributed by atoms with van der Waals surface area (Å²) < 4.78 is 10.6. The normalized spacial score (nSPS) is 54.1. The molecule has 294 valence electrons. The molecule has 0 spiro atoms. The number of fused-ring (bicyclic) bond motifs is 10. The first-order chi connectivity index (χ1) is 25.2. The first kappa shape index (κ1) is 36.9. The Balaban J connectivity index is 0.000000141. The number of hydrogen-bond donors (Lipinski definition) is 4. The first-order valence-corrected chi connectivity index (χ1v) is 21.9. The Labute approximate surface area is 317 Å². The van der Waals surface area contributed by atoms with Crippen molar-refractivity contribution in [3.05, 3.63) is 35.8 Å². The van der Waals surface area contributed by atoms with Crippen LogP contribution >= 0.6 is 0 Å². The van der Waals surface area contributed by atoms with Gasteiger partial charge in [0.05, 0.1) is 35.9 Å². The molecule has 53 heavy (non-hydrogen) atoms. The predicted octanol–water partition coefficient (Wildman–Crippen LogP) is 8.49. The van der Waals surface area contributed by atoms with Crippen LogP contribution in [0.25, 0.3) is 0 Å². The van der Waals surface area contributed by atoms with Crippen molar-refractivity contribution in [3.8, 4) is 0 Å². The van der Waals surface area contributed by atoms with Crippen LogP contribution in [0.2, 0.25) is 0 Å². The van der Waals surface area contributed by atoms with Crippen LogP contribution < -0.4 is 0 Å². The third-order valence-electron chi connectivity index (χ3n) is 19.7. The second kappa shape index (κ2) is 12.7. The van der Waals surface area contributed by atoms with Gasteiger partial charge >= 0.3 is 5.97 Å². The van der Waals surface area contributed by atoms with Crippen LogP contribution in [0.3, 0.4) is 0 Å². The second-order valence-corrected chi connectivity index (χ2v) is 21.2. The van der Waals surface area contributed by atoms with Gasteiger partial charge < -0.3 is 29.6 Å². The number of hydrogen-bond acceptors (Lipinski definition) is 7. The quantitative estimate of drug-likeness (QED) is 0.225. The highest BCUT2D eigenvalue weighted by Gasteiger charge is 2.69. The summed E-state index contributed by atoms with van der Waals surface area (Å²) in [5.74, 6) is 3.70. The molecule has 8 aliphatic carbocycles. The van der Waals surface area contributed by atoms with Crippen molar-refractivity contribution in [1.29, 1.82) is 0 Å². The van der Waals surface area contributed by atoms with E-state index in [0.29, 0.717) is 53.4 Å². The largest absolute Gasteiger partial charge is 0.472 e. The lowest BCUT2D eigenvalue weighted by molar-refractivity contribution is -0.208. The molecule has 8 saturated carbocycles. The summed E-state index contributed by atoms with van der Waals surface area (Å²) in [6.07, 6.45) is 24.1. The van der Waals surface area contributed by atoms with Gasteiger partial charge in [0.15, 0.2) is 0 Å². The molecule has 0 saturated heterocycles. The zero-order chi connectivity index (χ0) is 37.2. The van der Waals surface area contributed by atoms with Gasteiger partial charge in [-0.3, -0.25) is 0 Å². The van der Waals surface area contributed by atoms with Crippen LogP contribution in [0.15, 0.2) is 34.7 Å². The number of aliphatic hydroxyl groups is 4. The second-order valence-electron chi connectivity index (χ2n) is 21.2. The Hall–Kier alpha value is -1.67. The van der Waals surface area contributed by atoms with E-state index in [9.17, 15) is 25.2 Å². The van der Waals surface area contributed by atoms with E-state index in [1.165, 1.54) is 24.8 Å². The Morgan fingerprint density at radius 2 is 1.15 bits per heavy atom. The fourth-order valence-electron chi connectivity index (χ4n) is 16.6. The topological polar surface area (TPSA) is 120 Å². The average Bonchev–Trinajstić information content (AvgIpc) is 3.91. The molecule has 4 N–H and O–H groups in total. The number of cyclic esters (lactones) is 1. The van der Waals surface area contributed by atoms with E-state index >= 15 is 0 Å². The van der Waals surface area contributed by atoms with Crippen LogP contribution in [0.5, 0.6) is 0 Å².